The van der Waals surface area contributed by atoms with Crippen molar-refractivity contribution in [2.75, 3.05) is 47.4 Å². The largest absolute Gasteiger partial charge is 0.389 e. The summed E-state index contributed by atoms with van der Waals surface area (Å²) in [6.07, 6.45) is -0.874. The van der Waals surface area contributed by atoms with Crippen molar-refractivity contribution >= 4 is 28.7 Å². The van der Waals surface area contributed by atoms with Crippen molar-refractivity contribution < 1.29 is 19.7 Å². The van der Waals surface area contributed by atoms with E-state index in [9.17, 15) is 10.2 Å². The molecule has 4 heterocycles. The van der Waals surface area contributed by atoms with E-state index in [1.54, 1.807) is 25.7 Å². The molecule has 0 spiro atoms. The van der Waals surface area contributed by atoms with E-state index in [-0.39, 0.29) is 31.0 Å². The van der Waals surface area contributed by atoms with Gasteiger partial charge in [-0.1, -0.05) is 30.3 Å². The Morgan fingerprint density at radius 2 is 1.44 bits per heavy atom. The monoisotopic (exact) mass is 565 g/mol. The lowest BCUT2D eigenvalue weighted by Gasteiger charge is -2.38. The molecule has 11 nitrogen and oxygen atoms in total. The third kappa shape index (κ3) is 6.69. The minimum atomic E-state index is -1.11. The van der Waals surface area contributed by atoms with Gasteiger partial charge < -0.3 is 34.4 Å². The van der Waals surface area contributed by atoms with Crippen molar-refractivity contribution in [3.63, 3.8) is 0 Å². The fourth-order valence-electron chi connectivity index (χ4n) is 5.76. The minimum absolute atomic E-state index is 0.00386. The van der Waals surface area contributed by atoms with Crippen molar-refractivity contribution in [3.8, 4) is 11.3 Å². The molecule has 5 atom stereocenters. The van der Waals surface area contributed by atoms with Gasteiger partial charge in [0.05, 0.1) is 36.6 Å². The number of aromatic nitrogens is 4. The van der Waals surface area contributed by atoms with Gasteiger partial charge in [0.1, 0.15) is 11.9 Å². The van der Waals surface area contributed by atoms with E-state index < -0.39 is 11.8 Å². The minimum Gasteiger partial charge on any atom is -0.389 e. The van der Waals surface area contributed by atoms with E-state index in [1.165, 1.54) is 0 Å². The second-order valence-electron chi connectivity index (χ2n) is 12.2. The molecule has 2 saturated heterocycles. The van der Waals surface area contributed by atoms with Gasteiger partial charge in [-0.05, 0) is 48.5 Å². The van der Waals surface area contributed by atoms with E-state index in [2.05, 4.69) is 23.6 Å². The number of aliphatic hydroxyl groups excluding tert-OH is 1. The molecule has 11 heteroatoms. The predicted octanol–water partition coefficient (Wildman–Crippen LogP) is 3.23. The molecule has 2 aromatic heterocycles. The lowest BCUT2D eigenvalue weighted by atomic mass is 10.1. The highest BCUT2D eigenvalue weighted by molar-refractivity contribution is 5.89. The van der Waals surface area contributed by atoms with E-state index >= 15 is 0 Å². The number of aliphatic hydroxyl groups is 2. The molecule has 2 fully saturated rings. The first-order valence-electron chi connectivity index (χ1n) is 14.5. The molecule has 0 radical (unpaired) electrons. The van der Waals surface area contributed by atoms with Gasteiger partial charge in [0.2, 0.25) is 5.95 Å². The smallest absolute Gasteiger partial charge is 0.229 e. The summed E-state index contributed by atoms with van der Waals surface area (Å²) in [7, 11) is 0. The number of benzene rings is 1. The van der Waals surface area contributed by atoms with Crippen LogP contribution in [0.5, 0.6) is 0 Å². The summed E-state index contributed by atoms with van der Waals surface area (Å²) in [6, 6.07) is 9.96. The maximum atomic E-state index is 10.9. The van der Waals surface area contributed by atoms with E-state index in [0.717, 1.165) is 11.4 Å². The number of nitrogens with zero attached hydrogens (tertiary/aromatic N) is 7. The first kappa shape index (κ1) is 29.4. The van der Waals surface area contributed by atoms with Crippen molar-refractivity contribution in [3.05, 3.63) is 30.3 Å². The van der Waals surface area contributed by atoms with Crippen LogP contribution in [0.3, 0.4) is 0 Å². The second-order valence-corrected chi connectivity index (χ2v) is 12.2. The molecule has 1 unspecified atom stereocenters. The first-order chi connectivity index (χ1) is 19.4. The van der Waals surface area contributed by atoms with Gasteiger partial charge >= 0.3 is 0 Å². The van der Waals surface area contributed by atoms with Crippen LogP contribution in [0, 0.1) is 0 Å². The number of rotatable bonds is 7. The molecular weight excluding hydrogens is 522 g/mol. The second kappa shape index (κ2) is 11.6. The highest BCUT2D eigenvalue weighted by Gasteiger charge is 2.32. The maximum Gasteiger partial charge on any atom is 0.229 e. The average molecular weight is 566 g/mol. The average Bonchev–Trinajstić information content (AvgIpc) is 2.89. The SMILES string of the molecule is CC(O)N(CC(C)(C)O)c1nc(N2C[C@@H](C)O[C@H](C)C2)nc2nc(N3C[C@@H](C)O[C@H](C)C3)c(-c3ccccc3)nc12. The third-order valence-electron chi connectivity index (χ3n) is 7.23. The van der Waals surface area contributed by atoms with E-state index in [4.69, 9.17) is 29.4 Å². The molecule has 41 heavy (non-hydrogen) atoms. The number of ether oxygens (including phenoxy) is 2. The third-order valence-corrected chi connectivity index (χ3v) is 7.23. The van der Waals surface area contributed by atoms with Gasteiger partial charge in [-0.15, -0.1) is 0 Å². The van der Waals surface area contributed by atoms with Gasteiger partial charge in [0.15, 0.2) is 22.8 Å². The summed E-state index contributed by atoms with van der Waals surface area (Å²) in [6.45, 7) is 16.0. The number of anilines is 3. The normalized spacial score (nSPS) is 24.5. The highest BCUT2D eigenvalue weighted by Crippen LogP contribution is 2.35. The van der Waals surface area contributed by atoms with E-state index in [1.807, 2.05) is 44.2 Å². The summed E-state index contributed by atoms with van der Waals surface area (Å²) < 4.78 is 12.0. The molecule has 2 N–H and O–H groups in total. The Hall–Kier alpha value is -3.12. The Morgan fingerprint density at radius 1 is 0.878 bits per heavy atom. The van der Waals surface area contributed by atoms with Crippen LogP contribution in [0.2, 0.25) is 0 Å². The van der Waals surface area contributed by atoms with Crippen molar-refractivity contribution in [1.29, 1.82) is 0 Å². The Morgan fingerprint density at radius 3 is 1.98 bits per heavy atom. The predicted molar refractivity (Wildman–Crippen MR) is 160 cm³/mol. The maximum absolute atomic E-state index is 10.9. The highest BCUT2D eigenvalue weighted by atomic mass is 16.5. The molecule has 2 aliphatic heterocycles. The molecule has 3 aromatic rings. The molecule has 222 valence electrons. The van der Waals surface area contributed by atoms with Gasteiger partial charge in [0.25, 0.3) is 0 Å². The fourth-order valence-corrected chi connectivity index (χ4v) is 5.76. The van der Waals surface area contributed by atoms with Crippen molar-refractivity contribution in [2.24, 2.45) is 0 Å². The van der Waals surface area contributed by atoms with Crippen LogP contribution >= 0.6 is 0 Å². The van der Waals surface area contributed by atoms with Crippen LogP contribution in [-0.2, 0) is 9.47 Å². The van der Waals surface area contributed by atoms with Crippen LogP contribution in [0.25, 0.3) is 22.4 Å². The molecule has 0 saturated carbocycles. The lowest BCUT2D eigenvalue weighted by Crippen LogP contribution is -2.47. The molecule has 1 aromatic carbocycles. The van der Waals surface area contributed by atoms with Crippen LogP contribution in [0.4, 0.5) is 17.6 Å². The van der Waals surface area contributed by atoms with Crippen molar-refractivity contribution in [1.82, 2.24) is 19.9 Å². The van der Waals surface area contributed by atoms with E-state index in [0.29, 0.717) is 54.8 Å². The zero-order valence-electron chi connectivity index (χ0n) is 25.2. The summed E-state index contributed by atoms with van der Waals surface area (Å²) in [4.78, 5) is 26.3. The molecular formula is C30H43N7O4. The fraction of sp³-hybridized carbons (Fsp3) is 0.600. The van der Waals surface area contributed by atoms with Gasteiger partial charge in [-0.3, -0.25) is 0 Å². The summed E-state index contributed by atoms with van der Waals surface area (Å²) in [5.74, 6) is 1.65. The summed E-state index contributed by atoms with van der Waals surface area (Å²) in [5.41, 5.74) is 1.41. The van der Waals surface area contributed by atoms with Crippen LogP contribution in [0.15, 0.2) is 30.3 Å². The van der Waals surface area contributed by atoms with Crippen LogP contribution in [-0.4, -0.2) is 99.1 Å². The first-order valence-corrected chi connectivity index (χ1v) is 14.5. The zero-order valence-corrected chi connectivity index (χ0v) is 25.2. The van der Waals surface area contributed by atoms with Gasteiger partial charge in [-0.25, -0.2) is 9.97 Å². The molecule has 0 amide bonds. The molecule has 0 aliphatic carbocycles. The Kier molecular flexibility index (Phi) is 8.34. The van der Waals surface area contributed by atoms with Crippen LogP contribution < -0.4 is 14.7 Å². The molecule has 0 bridgehead atoms. The van der Waals surface area contributed by atoms with Gasteiger partial charge in [-0.2, -0.15) is 9.97 Å². The number of fused-ring (bicyclic) bond motifs is 1. The van der Waals surface area contributed by atoms with Crippen LogP contribution in [0.1, 0.15) is 48.5 Å². The Balaban J connectivity index is 1.76. The standard InChI is InChI=1S/C30H43N7O4/c1-18-13-35(14-19(2)40-18)27-24(23-11-9-8-10-12-23)31-25-26(32-27)33-29(36-15-20(3)41-21(4)16-36)34-28(25)37(22(5)38)17-30(6,7)39/h8-12,18-22,38-39H,13-17H2,1-7H3/t18-,19-,20-,21-,22?/m1/s1. The number of morpholine rings is 2. The lowest BCUT2D eigenvalue weighted by molar-refractivity contribution is -0.00580. The Bertz CT molecular complexity index is 1330. The summed E-state index contributed by atoms with van der Waals surface area (Å²) in [5, 5.41) is 21.7. The molecule has 5 rings (SSSR count). The topological polar surface area (TPSA) is 120 Å². The van der Waals surface area contributed by atoms with Crippen molar-refractivity contribution in [2.45, 2.75) is 84.7 Å². The quantitative estimate of drug-likeness (QED) is 0.411. The number of hydrogen-bond donors (Lipinski definition) is 2. The number of hydrogen-bond acceptors (Lipinski definition) is 11. The zero-order chi connectivity index (χ0) is 29.5. The Labute approximate surface area is 242 Å². The van der Waals surface area contributed by atoms with Gasteiger partial charge in [0, 0.05) is 31.7 Å². The summed E-state index contributed by atoms with van der Waals surface area (Å²) >= 11 is 0. The molecule has 2 aliphatic rings.